The summed E-state index contributed by atoms with van der Waals surface area (Å²) in [5.74, 6) is 0. The van der Waals surface area contributed by atoms with Crippen LogP contribution in [0.1, 0.15) is 0 Å². The van der Waals surface area contributed by atoms with Gasteiger partial charge in [-0.3, -0.25) is 4.40 Å². The highest BCUT2D eigenvalue weighted by atomic mass is 15.1. The Morgan fingerprint density at radius 2 is 1.02 bits per heavy atom. The molecule has 0 N–H and O–H groups in total. The minimum Gasteiger partial charge on any atom is -0.309 e. The van der Waals surface area contributed by atoms with Crippen LogP contribution in [0.2, 0.25) is 0 Å². The highest BCUT2D eigenvalue weighted by Crippen LogP contribution is 2.45. The Hall–Kier alpha value is -5.94. The molecule has 5 heteroatoms. The summed E-state index contributed by atoms with van der Waals surface area (Å²) in [5, 5.41) is 8.29. The summed E-state index contributed by atoms with van der Waals surface area (Å²) in [5.41, 5.74) is 8.84. The fourth-order valence-corrected chi connectivity index (χ4v) is 7.24. The van der Waals surface area contributed by atoms with Gasteiger partial charge in [0.25, 0.3) is 0 Å². The fourth-order valence-electron chi connectivity index (χ4n) is 7.24. The lowest BCUT2D eigenvalue weighted by Crippen LogP contribution is -1.98. The van der Waals surface area contributed by atoms with Crippen LogP contribution in [-0.4, -0.2) is 23.5 Å². The van der Waals surface area contributed by atoms with Gasteiger partial charge in [0.15, 0.2) is 0 Å². The van der Waals surface area contributed by atoms with E-state index < -0.39 is 0 Å². The van der Waals surface area contributed by atoms with Gasteiger partial charge in [-0.1, -0.05) is 72.8 Å². The molecule has 0 spiro atoms. The maximum Gasteiger partial charge on any atom is 0.148 e. The van der Waals surface area contributed by atoms with E-state index in [0.29, 0.717) is 0 Å². The van der Waals surface area contributed by atoms with Crippen molar-refractivity contribution < 1.29 is 0 Å². The number of imidazole rings is 1. The van der Waals surface area contributed by atoms with Crippen molar-refractivity contribution in [3.63, 3.8) is 0 Å². The van der Waals surface area contributed by atoms with E-state index in [-0.39, 0.29) is 0 Å². The molecule has 10 aromatic rings. The summed E-state index contributed by atoms with van der Waals surface area (Å²) in [6.07, 6.45) is 5.75. The van der Waals surface area contributed by atoms with Crippen LogP contribution >= 0.6 is 0 Å². The molecular formula is C38H23N5. The van der Waals surface area contributed by atoms with Gasteiger partial charge in [0.1, 0.15) is 11.3 Å². The SMILES string of the molecule is c1ccc(-n2c3ccccc3c3c2ccc2c4ccc5c6cccnc6n6ccnc6c5c4n(-c4ccccc4)c23)cc1. The van der Waals surface area contributed by atoms with Crippen LogP contribution < -0.4 is 0 Å². The predicted molar refractivity (Wildman–Crippen MR) is 177 cm³/mol. The van der Waals surface area contributed by atoms with Gasteiger partial charge in [0, 0.05) is 56.9 Å². The first-order valence-electron chi connectivity index (χ1n) is 14.5. The van der Waals surface area contributed by atoms with Crippen molar-refractivity contribution in [1.82, 2.24) is 23.5 Å². The number of pyridine rings is 2. The van der Waals surface area contributed by atoms with Gasteiger partial charge in [-0.25, -0.2) is 9.97 Å². The molecule has 0 saturated carbocycles. The minimum atomic E-state index is 0.912. The average molecular weight is 550 g/mol. The highest BCUT2D eigenvalue weighted by Gasteiger charge is 2.23. The number of benzene rings is 5. The van der Waals surface area contributed by atoms with Crippen LogP contribution in [0.25, 0.3) is 82.4 Å². The summed E-state index contributed by atoms with van der Waals surface area (Å²) in [7, 11) is 0. The molecule has 0 aliphatic rings. The zero-order valence-electron chi connectivity index (χ0n) is 23.0. The third-order valence-corrected chi connectivity index (χ3v) is 8.92. The molecule has 5 aromatic carbocycles. The maximum atomic E-state index is 4.91. The molecule has 0 saturated heterocycles. The van der Waals surface area contributed by atoms with E-state index in [9.17, 15) is 0 Å². The Kier molecular flexibility index (Phi) is 4.39. The quantitative estimate of drug-likeness (QED) is 0.202. The topological polar surface area (TPSA) is 40.1 Å². The van der Waals surface area contributed by atoms with Crippen LogP contribution in [0, 0.1) is 0 Å². The third kappa shape index (κ3) is 2.90. The zero-order chi connectivity index (χ0) is 28.1. The van der Waals surface area contributed by atoms with Gasteiger partial charge in [-0.05, 0) is 53.9 Å². The second-order valence-corrected chi connectivity index (χ2v) is 11.1. The monoisotopic (exact) mass is 549 g/mol. The number of fused-ring (bicyclic) bond motifs is 14. The lowest BCUT2D eigenvalue weighted by molar-refractivity contribution is 1.17. The van der Waals surface area contributed by atoms with Gasteiger partial charge >= 0.3 is 0 Å². The molecule has 5 heterocycles. The van der Waals surface area contributed by atoms with E-state index in [1.165, 1.54) is 38.1 Å². The molecule has 10 rings (SSSR count). The number of nitrogens with zero attached hydrogens (tertiary/aromatic N) is 5. The Morgan fingerprint density at radius 1 is 0.395 bits per heavy atom. The number of hydrogen-bond donors (Lipinski definition) is 0. The summed E-state index contributed by atoms with van der Waals surface area (Å²) in [6, 6.07) is 43.5. The highest BCUT2D eigenvalue weighted by molar-refractivity contribution is 6.31. The predicted octanol–water partition coefficient (Wildman–Crippen LogP) is 9.23. The van der Waals surface area contributed by atoms with Crippen molar-refractivity contribution >= 4 is 71.1 Å². The molecule has 0 aliphatic heterocycles. The standard InChI is InChI=1S/C38H23N5/c1-3-10-24(11-4-1)42-31-16-8-7-14-30(31)33-32(42)20-19-28-27-18-17-26-29-15-9-21-39-37(29)41-23-22-40-38(41)34(26)36(27)43(35(28)33)25-12-5-2-6-13-25/h1-23H. The molecule has 5 nitrogen and oxygen atoms in total. The molecule has 43 heavy (non-hydrogen) atoms. The van der Waals surface area contributed by atoms with E-state index in [1.54, 1.807) is 0 Å². The van der Waals surface area contributed by atoms with E-state index >= 15 is 0 Å². The van der Waals surface area contributed by atoms with Gasteiger partial charge < -0.3 is 9.13 Å². The van der Waals surface area contributed by atoms with E-state index in [1.807, 2.05) is 24.7 Å². The molecule has 0 unspecified atom stereocenters. The summed E-state index contributed by atoms with van der Waals surface area (Å²) in [6.45, 7) is 0. The molecule has 0 fully saturated rings. The van der Waals surface area contributed by atoms with E-state index in [4.69, 9.17) is 9.97 Å². The van der Waals surface area contributed by atoms with Crippen molar-refractivity contribution in [2.75, 3.05) is 0 Å². The maximum absolute atomic E-state index is 4.91. The number of rotatable bonds is 2. The van der Waals surface area contributed by atoms with Crippen molar-refractivity contribution in [3.05, 3.63) is 140 Å². The first-order valence-corrected chi connectivity index (χ1v) is 14.5. The Balaban J connectivity index is 1.52. The fraction of sp³-hybridized carbons (Fsp3) is 0. The van der Waals surface area contributed by atoms with Crippen molar-refractivity contribution in [3.8, 4) is 11.4 Å². The Morgan fingerprint density at radius 3 is 1.84 bits per heavy atom. The third-order valence-electron chi connectivity index (χ3n) is 8.92. The smallest absolute Gasteiger partial charge is 0.148 e. The zero-order valence-corrected chi connectivity index (χ0v) is 23.0. The largest absolute Gasteiger partial charge is 0.309 e. The number of aromatic nitrogens is 5. The van der Waals surface area contributed by atoms with Crippen LogP contribution in [0.15, 0.2) is 140 Å². The number of hydrogen-bond acceptors (Lipinski definition) is 2. The minimum absolute atomic E-state index is 0.912. The van der Waals surface area contributed by atoms with Crippen LogP contribution in [0.5, 0.6) is 0 Å². The average Bonchev–Trinajstić information content (AvgIpc) is 3.78. The summed E-state index contributed by atoms with van der Waals surface area (Å²) < 4.78 is 6.98. The first kappa shape index (κ1) is 22.7. The molecule has 0 amide bonds. The van der Waals surface area contributed by atoms with Crippen LogP contribution in [0.4, 0.5) is 0 Å². The van der Waals surface area contributed by atoms with Crippen molar-refractivity contribution in [1.29, 1.82) is 0 Å². The second kappa shape index (κ2) is 8.30. The summed E-state index contributed by atoms with van der Waals surface area (Å²) >= 11 is 0. The van der Waals surface area contributed by atoms with Gasteiger partial charge in [0.05, 0.1) is 27.5 Å². The molecule has 0 bridgehead atoms. The molecule has 0 atom stereocenters. The molecule has 200 valence electrons. The van der Waals surface area contributed by atoms with E-state index in [2.05, 4.69) is 129 Å². The van der Waals surface area contributed by atoms with Gasteiger partial charge in [0.2, 0.25) is 0 Å². The second-order valence-electron chi connectivity index (χ2n) is 11.1. The Labute approximate surface area is 245 Å². The normalized spacial score (nSPS) is 12.2. The molecule has 0 aliphatic carbocycles. The van der Waals surface area contributed by atoms with Crippen LogP contribution in [-0.2, 0) is 0 Å². The first-order chi connectivity index (χ1) is 21.4. The Bertz CT molecular complexity index is 2710. The summed E-state index contributed by atoms with van der Waals surface area (Å²) in [4.78, 5) is 9.67. The van der Waals surface area contributed by atoms with Crippen molar-refractivity contribution in [2.45, 2.75) is 0 Å². The van der Waals surface area contributed by atoms with E-state index in [0.717, 1.165) is 44.3 Å². The van der Waals surface area contributed by atoms with Gasteiger partial charge in [-0.15, -0.1) is 0 Å². The lowest BCUT2D eigenvalue weighted by atomic mass is 10.0. The molecule has 0 radical (unpaired) electrons. The molecule has 5 aromatic heterocycles. The lowest BCUT2D eigenvalue weighted by Gasteiger charge is -2.13. The van der Waals surface area contributed by atoms with Gasteiger partial charge in [-0.2, -0.15) is 0 Å². The molecular weight excluding hydrogens is 526 g/mol. The number of para-hydroxylation sites is 3. The van der Waals surface area contributed by atoms with Crippen molar-refractivity contribution in [2.24, 2.45) is 0 Å². The van der Waals surface area contributed by atoms with Crippen LogP contribution in [0.3, 0.4) is 0 Å².